The minimum absolute atomic E-state index is 0.135. The van der Waals surface area contributed by atoms with Crippen LogP contribution in [0.4, 0.5) is 18.9 Å². The largest absolute Gasteiger partial charge is 0.346 e. The molecule has 32 heavy (non-hydrogen) atoms. The fourth-order valence-corrected chi connectivity index (χ4v) is 4.77. The summed E-state index contributed by atoms with van der Waals surface area (Å²) in [4.78, 5) is 25.0. The van der Waals surface area contributed by atoms with E-state index in [1.807, 2.05) is 5.32 Å². The van der Waals surface area contributed by atoms with Gasteiger partial charge in [0.2, 0.25) is 5.91 Å². The third-order valence-corrected chi connectivity index (χ3v) is 6.44. The van der Waals surface area contributed by atoms with E-state index in [2.05, 4.69) is 5.32 Å². The van der Waals surface area contributed by atoms with E-state index in [1.165, 1.54) is 6.07 Å². The molecule has 2 atom stereocenters. The van der Waals surface area contributed by atoms with Gasteiger partial charge >= 0.3 is 0 Å². The summed E-state index contributed by atoms with van der Waals surface area (Å²) in [7, 11) is 0. The lowest BCUT2D eigenvalue weighted by atomic mass is 10.1. The first-order valence-electron chi connectivity index (χ1n) is 9.00. The van der Waals surface area contributed by atoms with Crippen LogP contribution >= 0.6 is 58.0 Å². The topological polar surface area (TPSA) is 58.2 Å². The summed E-state index contributed by atoms with van der Waals surface area (Å²) < 4.78 is 38.8. The predicted octanol–water partition coefficient (Wildman–Crippen LogP) is 6.70. The van der Waals surface area contributed by atoms with E-state index >= 15 is 0 Å². The third kappa shape index (κ3) is 5.57. The summed E-state index contributed by atoms with van der Waals surface area (Å²) >= 11 is 30.4. The van der Waals surface area contributed by atoms with Crippen LogP contribution in [-0.2, 0) is 4.79 Å². The van der Waals surface area contributed by atoms with Crippen molar-refractivity contribution in [2.45, 2.75) is 23.1 Å². The highest BCUT2D eigenvalue weighted by atomic mass is 35.5. The van der Waals surface area contributed by atoms with Crippen LogP contribution in [0.3, 0.4) is 0 Å². The van der Waals surface area contributed by atoms with E-state index in [0.717, 1.165) is 12.1 Å². The highest BCUT2D eigenvalue weighted by Gasteiger charge is 2.67. The molecule has 3 rings (SSSR count). The molecule has 0 bridgehead atoms. The molecule has 0 radical (unpaired) electrons. The molecule has 0 saturated heterocycles. The van der Waals surface area contributed by atoms with Gasteiger partial charge in [-0.15, -0.1) is 23.2 Å². The number of amides is 2. The molecular formula is C20H14Cl5F3N2O2. The minimum Gasteiger partial charge on any atom is -0.346 e. The van der Waals surface area contributed by atoms with Gasteiger partial charge in [-0.3, -0.25) is 9.59 Å². The molecule has 2 aromatic carbocycles. The van der Waals surface area contributed by atoms with Crippen molar-refractivity contribution >= 4 is 75.5 Å². The quantitative estimate of drug-likeness (QED) is 0.395. The van der Waals surface area contributed by atoms with E-state index < -0.39 is 56.9 Å². The molecule has 1 aliphatic rings. The van der Waals surface area contributed by atoms with E-state index in [9.17, 15) is 22.8 Å². The Morgan fingerprint density at radius 2 is 1.66 bits per heavy atom. The van der Waals surface area contributed by atoms with Crippen LogP contribution in [0.2, 0.25) is 15.1 Å². The van der Waals surface area contributed by atoms with Gasteiger partial charge in [0, 0.05) is 28.6 Å². The lowest BCUT2D eigenvalue weighted by molar-refractivity contribution is -0.117. The molecular weight excluding hydrogens is 534 g/mol. The van der Waals surface area contributed by atoms with Gasteiger partial charge in [-0.1, -0.05) is 34.8 Å². The monoisotopic (exact) mass is 546 g/mol. The SMILES string of the molecule is CC(F)(F)CNC(=O)c1cc(NC(=O)C2C(c3cc(Cl)cc(Cl)c3)C2(Cl)Cl)cc(F)c1Cl. The Balaban J connectivity index is 1.80. The second-order valence-corrected chi connectivity index (χ2v) is 10.1. The number of carbonyl (C=O) groups is 2. The molecule has 0 aromatic heterocycles. The second kappa shape index (κ2) is 9.11. The Hall–Kier alpha value is -1.38. The molecule has 2 unspecified atom stereocenters. The molecule has 0 spiro atoms. The van der Waals surface area contributed by atoms with Crippen molar-refractivity contribution in [1.82, 2.24) is 5.32 Å². The van der Waals surface area contributed by atoms with Crippen LogP contribution < -0.4 is 10.6 Å². The fraction of sp³-hybridized carbons (Fsp3) is 0.300. The van der Waals surface area contributed by atoms with E-state index in [4.69, 9.17) is 58.0 Å². The van der Waals surface area contributed by atoms with Crippen LogP contribution in [0.25, 0.3) is 0 Å². The Morgan fingerprint density at radius 1 is 1.06 bits per heavy atom. The van der Waals surface area contributed by atoms with Gasteiger partial charge in [-0.05, 0) is 35.9 Å². The number of halogens is 8. The zero-order valence-electron chi connectivity index (χ0n) is 16.1. The number of benzene rings is 2. The molecule has 2 aromatic rings. The minimum atomic E-state index is -3.18. The number of hydrogen-bond acceptors (Lipinski definition) is 2. The van der Waals surface area contributed by atoms with Crippen molar-refractivity contribution in [3.05, 3.63) is 62.3 Å². The molecule has 2 N–H and O–H groups in total. The van der Waals surface area contributed by atoms with E-state index in [-0.39, 0.29) is 5.69 Å². The van der Waals surface area contributed by atoms with Gasteiger partial charge in [-0.2, -0.15) is 0 Å². The summed E-state index contributed by atoms with van der Waals surface area (Å²) in [6.07, 6.45) is 0. The van der Waals surface area contributed by atoms with Crippen molar-refractivity contribution in [1.29, 1.82) is 0 Å². The maximum absolute atomic E-state index is 14.2. The van der Waals surface area contributed by atoms with Gasteiger partial charge in [0.15, 0.2) is 0 Å². The first kappa shape index (κ1) is 25.2. The summed E-state index contributed by atoms with van der Waals surface area (Å²) in [6, 6.07) is 6.58. The maximum atomic E-state index is 14.2. The Morgan fingerprint density at radius 3 is 2.22 bits per heavy atom. The molecule has 0 aliphatic heterocycles. The van der Waals surface area contributed by atoms with Crippen LogP contribution in [0, 0.1) is 11.7 Å². The van der Waals surface area contributed by atoms with Crippen molar-refractivity contribution in [3.8, 4) is 0 Å². The Kier molecular flexibility index (Phi) is 7.18. The number of rotatable bonds is 6. The second-order valence-electron chi connectivity index (χ2n) is 7.39. The molecule has 12 heteroatoms. The molecule has 4 nitrogen and oxygen atoms in total. The molecule has 1 fully saturated rings. The smallest absolute Gasteiger partial charge is 0.262 e. The van der Waals surface area contributed by atoms with Gasteiger partial charge in [0.1, 0.15) is 10.2 Å². The normalized spacial score (nSPS) is 19.4. The first-order chi connectivity index (χ1) is 14.7. The van der Waals surface area contributed by atoms with Gasteiger partial charge in [0.05, 0.1) is 23.0 Å². The number of nitrogens with one attached hydrogen (secondary N) is 2. The van der Waals surface area contributed by atoms with Crippen molar-refractivity contribution in [3.63, 3.8) is 0 Å². The van der Waals surface area contributed by atoms with Crippen molar-refractivity contribution < 1.29 is 22.8 Å². The zero-order chi connectivity index (χ0) is 24.0. The highest BCUT2D eigenvalue weighted by molar-refractivity contribution is 6.53. The van der Waals surface area contributed by atoms with Crippen LogP contribution in [0.1, 0.15) is 28.8 Å². The van der Waals surface area contributed by atoms with Gasteiger partial charge < -0.3 is 10.6 Å². The highest BCUT2D eigenvalue weighted by Crippen LogP contribution is 2.65. The third-order valence-electron chi connectivity index (χ3n) is 4.68. The molecule has 0 heterocycles. The van der Waals surface area contributed by atoms with Crippen LogP contribution in [0.5, 0.6) is 0 Å². The van der Waals surface area contributed by atoms with E-state index in [0.29, 0.717) is 22.5 Å². The average Bonchev–Trinajstić information content (AvgIpc) is 3.23. The number of hydrogen-bond donors (Lipinski definition) is 2. The van der Waals surface area contributed by atoms with Crippen molar-refractivity contribution in [2.24, 2.45) is 5.92 Å². The lowest BCUT2D eigenvalue weighted by Gasteiger charge is -2.13. The maximum Gasteiger partial charge on any atom is 0.262 e. The standard InChI is InChI=1S/C20H14Cl5F3N2O2/c1-19(27,28)7-29-17(31)12-5-11(6-13(26)16(12)23)30-18(32)15-14(20(15,24)25)8-2-9(21)4-10(22)3-8/h2-6,14-15H,7H2,1H3,(H,29,31)(H,30,32). The Bertz CT molecular complexity index is 1070. The van der Waals surface area contributed by atoms with Gasteiger partial charge in [-0.25, -0.2) is 13.2 Å². The lowest BCUT2D eigenvalue weighted by Crippen LogP contribution is -2.34. The number of carbonyl (C=O) groups excluding carboxylic acids is 2. The molecule has 1 saturated carbocycles. The predicted molar refractivity (Wildman–Crippen MR) is 120 cm³/mol. The average molecular weight is 549 g/mol. The first-order valence-corrected chi connectivity index (χ1v) is 10.9. The van der Waals surface area contributed by atoms with Crippen molar-refractivity contribution in [2.75, 3.05) is 11.9 Å². The van der Waals surface area contributed by atoms with Gasteiger partial charge in [0.25, 0.3) is 11.8 Å². The molecule has 172 valence electrons. The molecule has 1 aliphatic carbocycles. The van der Waals surface area contributed by atoms with Crippen LogP contribution in [0.15, 0.2) is 30.3 Å². The fourth-order valence-electron chi connectivity index (χ4n) is 3.20. The number of alkyl halides is 4. The van der Waals surface area contributed by atoms with Crippen LogP contribution in [-0.4, -0.2) is 28.6 Å². The Labute approximate surface area is 206 Å². The molecule has 2 amide bonds. The number of anilines is 1. The summed E-state index contributed by atoms with van der Waals surface area (Å²) in [5.74, 6) is -7.49. The van der Waals surface area contributed by atoms with E-state index in [1.54, 1.807) is 12.1 Å². The summed E-state index contributed by atoms with van der Waals surface area (Å²) in [6.45, 7) is -0.372. The summed E-state index contributed by atoms with van der Waals surface area (Å²) in [5.41, 5.74) is -0.0251. The summed E-state index contributed by atoms with van der Waals surface area (Å²) in [5, 5.41) is 4.46. The zero-order valence-corrected chi connectivity index (χ0v) is 19.9.